The fraction of sp³-hybridized carbons (Fsp3) is 0.955. The van der Waals surface area contributed by atoms with Gasteiger partial charge in [0.25, 0.3) is 0 Å². The monoisotopic (exact) mass is 474 g/mol. The van der Waals surface area contributed by atoms with E-state index in [2.05, 4.69) is 31.1 Å². The number of nitrogens with one attached hydrogen (secondary N) is 4. The van der Waals surface area contributed by atoms with Gasteiger partial charge in [0, 0.05) is 57.3 Å². The Kier molecular flexibility index (Phi) is 17.1. The van der Waals surface area contributed by atoms with Crippen LogP contribution in [0.4, 0.5) is 0 Å². The van der Waals surface area contributed by atoms with Crippen molar-refractivity contribution in [2.75, 3.05) is 108 Å². The molecule has 1 amide bonds. The summed E-state index contributed by atoms with van der Waals surface area (Å²) in [6, 6.07) is 0. The quantitative estimate of drug-likeness (QED) is 0.462. The molecule has 182 valence electrons. The van der Waals surface area contributed by atoms with E-state index in [4.69, 9.17) is 0 Å². The molecule has 2 heterocycles. The van der Waals surface area contributed by atoms with Crippen molar-refractivity contribution in [3.05, 3.63) is 0 Å². The number of hydrogen-bond donors (Lipinski definition) is 4. The molecule has 0 aromatic rings. The number of thioether (sulfide) groups is 2. The molecule has 7 nitrogen and oxygen atoms in total. The molecule has 0 aliphatic carbocycles. The van der Waals surface area contributed by atoms with Gasteiger partial charge in [0.05, 0.1) is 6.54 Å². The molecule has 0 unspecified atom stereocenters. The lowest BCUT2D eigenvalue weighted by atomic mass is 10.3. The maximum absolute atomic E-state index is 13.2. The SMILES string of the molecule is O=C(CN1CCCSCCNCCSCCC1)N1CCCNCCNCCCNCC1. The van der Waals surface area contributed by atoms with Crippen molar-refractivity contribution in [2.24, 2.45) is 0 Å². The third kappa shape index (κ3) is 14.7. The standard InChI is InChI=1S/C22H46N6OS2/c29-22(28-15-2-7-24-9-8-23-5-1-6-25-10-16-28)21-27-13-3-17-30-19-11-26-12-20-31-18-4-14-27/h23-26H,1-21H2. The first-order valence-corrected chi connectivity index (χ1v) is 14.7. The van der Waals surface area contributed by atoms with E-state index in [0.29, 0.717) is 12.5 Å². The van der Waals surface area contributed by atoms with Gasteiger partial charge in [-0.15, -0.1) is 0 Å². The molecule has 0 aromatic carbocycles. The molecule has 2 aliphatic heterocycles. The van der Waals surface area contributed by atoms with E-state index in [1.807, 2.05) is 23.5 Å². The van der Waals surface area contributed by atoms with Crippen LogP contribution in [-0.2, 0) is 4.79 Å². The van der Waals surface area contributed by atoms with E-state index < -0.39 is 0 Å². The lowest BCUT2D eigenvalue weighted by Gasteiger charge is -2.28. The van der Waals surface area contributed by atoms with Crippen LogP contribution in [0.5, 0.6) is 0 Å². The highest BCUT2D eigenvalue weighted by Gasteiger charge is 2.17. The second kappa shape index (κ2) is 19.4. The van der Waals surface area contributed by atoms with Crippen molar-refractivity contribution in [1.29, 1.82) is 0 Å². The molecule has 2 fully saturated rings. The lowest BCUT2D eigenvalue weighted by Crippen LogP contribution is -2.45. The normalized spacial score (nSPS) is 24.1. The molecule has 0 aromatic heterocycles. The van der Waals surface area contributed by atoms with Gasteiger partial charge in [0.15, 0.2) is 0 Å². The molecule has 2 aliphatic rings. The Morgan fingerprint density at radius 3 is 1.84 bits per heavy atom. The van der Waals surface area contributed by atoms with E-state index in [1.54, 1.807) is 0 Å². The second-order valence-corrected chi connectivity index (χ2v) is 10.7. The molecular formula is C22H46N6OS2. The van der Waals surface area contributed by atoms with Crippen LogP contribution < -0.4 is 21.3 Å². The van der Waals surface area contributed by atoms with Crippen LogP contribution in [0.2, 0.25) is 0 Å². The third-order valence-corrected chi connectivity index (χ3v) is 7.75. The van der Waals surface area contributed by atoms with Gasteiger partial charge in [-0.25, -0.2) is 0 Å². The average Bonchev–Trinajstić information content (AvgIpc) is 2.77. The Hall–Kier alpha value is -0.0300. The topological polar surface area (TPSA) is 71.7 Å². The van der Waals surface area contributed by atoms with Crippen molar-refractivity contribution >= 4 is 29.4 Å². The minimum absolute atomic E-state index is 0.307. The number of carbonyl (C=O) groups excluding carboxylic acids is 1. The summed E-state index contributed by atoms with van der Waals surface area (Å²) < 4.78 is 0. The molecule has 0 saturated carbocycles. The smallest absolute Gasteiger partial charge is 0.236 e. The zero-order valence-electron chi connectivity index (χ0n) is 19.5. The minimum atomic E-state index is 0.307. The molecule has 0 atom stereocenters. The minimum Gasteiger partial charge on any atom is -0.340 e. The molecule has 31 heavy (non-hydrogen) atoms. The van der Waals surface area contributed by atoms with E-state index in [0.717, 1.165) is 91.4 Å². The van der Waals surface area contributed by atoms with Crippen LogP contribution in [0, 0.1) is 0 Å². The first-order valence-electron chi connectivity index (χ1n) is 12.3. The Labute approximate surface area is 199 Å². The Balaban J connectivity index is 1.80. The molecule has 0 bridgehead atoms. The molecule has 4 N–H and O–H groups in total. The maximum atomic E-state index is 13.2. The summed E-state index contributed by atoms with van der Waals surface area (Å²) in [5.74, 6) is 5.06. The molecule has 9 heteroatoms. The average molecular weight is 475 g/mol. The van der Waals surface area contributed by atoms with E-state index in [9.17, 15) is 4.79 Å². The van der Waals surface area contributed by atoms with Crippen LogP contribution in [-0.4, -0.2) is 124 Å². The molecular weight excluding hydrogens is 428 g/mol. The van der Waals surface area contributed by atoms with Gasteiger partial charge in [0.2, 0.25) is 5.91 Å². The Morgan fingerprint density at radius 2 is 1.16 bits per heavy atom. The molecule has 2 rings (SSSR count). The predicted octanol–water partition coefficient (Wildman–Crippen LogP) is 0.529. The Bertz CT molecular complexity index is 418. The lowest BCUT2D eigenvalue weighted by molar-refractivity contribution is -0.132. The zero-order valence-corrected chi connectivity index (χ0v) is 21.1. The summed E-state index contributed by atoms with van der Waals surface area (Å²) in [7, 11) is 0. The Morgan fingerprint density at radius 1 is 0.581 bits per heavy atom. The predicted molar refractivity (Wildman–Crippen MR) is 138 cm³/mol. The summed E-state index contributed by atoms with van der Waals surface area (Å²) in [6.07, 6.45) is 4.50. The van der Waals surface area contributed by atoms with Gasteiger partial charge < -0.3 is 26.2 Å². The van der Waals surface area contributed by atoms with Gasteiger partial charge in [0.1, 0.15) is 0 Å². The fourth-order valence-electron chi connectivity index (χ4n) is 3.82. The van der Waals surface area contributed by atoms with Gasteiger partial charge in [-0.1, -0.05) is 0 Å². The largest absolute Gasteiger partial charge is 0.340 e. The van der Waals surface area contributed by atoms with Crippen molar-refractivity contribution in [2.45, 2.75) is 25.7 Å². The highest BCUT2D eigenvalue weighted by Crippen LogP contribution is 2.08. The van der Waals surface area contributed by atoms with Crippen LogP contribution >= 0.6 is 23.5 Å². The summed E-state index contributed by atoms with van der Waals surface area (Å²) in [5, 5.41) is 14.0. The van der Waals surface area contributed by atoms with Gasteiger partial charge in [-0.05, 0) is 69.9 Å². The third-order valence-electron chi connectivity index (χ3n) is 5.61. The summed E-state index contributed by atoms with van der Waals surface area (Å²) in [4.78, 5) is 17.7. The first-order chi connectivity index (χ1) is 15.4. The number of hydrogen-bond acceptors (Lipinski definition) is 8. The van der Waals surface area contributed by atoms with Gasteiger partial charge in [-0.2, -0.15) is 23.5 Å². The van der Waals surface area contributed by atoms with Crippen molar-refractivity contribution in [3.63, 3.8) is 0 Å². The number of amides is 1. The first kappa shape index (κ1) is 27.2. The summed E-state index contributed by atoms with van der Waals surface area (Å²) in [6.45, 7) is 12.5. The highest BCUT2D eigenvalue weighted by atomic mass is 32.2. The van der Waals surface area contributed by atoms with E-state index in [-0.39, 0.29) is 0 Å². The number of carbonyl (C=O) groups is 1. The molecule has 0 spiro atoms. The summed E-state index contributed by atoms with van der Waals surface area (Å²) >= 11 is 4.07. The second-order valence-electron chi connectivity index (χ2n) is 8.30. The van der Waals surface area contributed by atoms with Crippen molar-refractivity contribution in [3.8, 4) is 0 Å². The van der Waals surface area contributed by atoms with E-state index in [1.165, 1.54) is 35.9 Å². The van der Waals surface area contributed by atoms with Gasteiger partial charge >= 0.3 is 0 Å². The summed E-state index contributed by atoms with van der Waals surface area (Å²) in [5.41, 5.74) is 0. The number of nitrogens with zero attached hydrogens (tertiary/aromatic N) is 2. The molecule has 0 radical (unpaired) electrons. The van der Waals surface area contributed by atoms with Gasteiger partial charge in [-0.3, -0.25) is 9.69 Å². The fourth-order valence-corrected chi connectivity index (χ4v) is 5.47. The highest BCUT2D eigenvalue weighted by molar-refractivity contribution is 7.99. The maximum Gasteiger partial charge on any atom is 0.236 e. The van der Waals surface area contributed by atoms with Crippen molar-refractivity contribution < 1.29 is 4.79 Å². The zero-order chi connectivity index (χ0) is 21.8. The van der Waals surface area contributed by atoms with E-state index >= 15 is 0 Å². The molecule has 2 saturated heterocycles. The van der Waals surface area contributed by atoms with Crippen LogP contribution in [0.25, 0.3) is 0 Å². The number of rotatable bonds is 2. The van der Waals surface area contributed by atoms with Crippen LogP contribution in [0.15, 0.2) is 0 Å². The van der Waals surface area contributed by atoms with Crippen molar-refractivity contribution in [1.82, 2.24) is 31.1 Å². The van der Waals surface area contributed by atoms with Crippen LogP contribution in [0.1, 0.15) is 25.7 Å². The van der Waals surface area contributed by atoms with Crippen LogP contribution in [0.3, 0.4) is 0 Å².